The molecule has 0 spiro atoms. The van der Waals surface area contributed by atoms with Crippen molar-refractivity contribution >= 4 is 40.2 Å². The smallest absolute Gasteiger partial charge is 0.168 e. The van der Waals surface area contributed by atoms with E-state index in [1.54, 1.807) is 0 Å². The monoisotopic (exact) mass is 211 g/mol. The van der Waals surface area contributed by atoms with Crippen molar-refractivity contribution in [2.75, 3.05) is 5.32 Å². The van der Waals surface area contributed by atoms with Crippen LogP contribution in [-0.2, 0) is 0 Å². The molecule has 0 amide bonds. The molecule has 0 saturated heterocycles. The molecule has 0 aromatic heterocycles. The number of nitrogens with one attached hydrogen (secondary N) is 1. The molecule has 0 unspecified atom stereocenters. The molecule has 0 aliphatic heterocycles. The van der Waals surface area contributed by atoms with Crippen LogP contribution in [0.3, 0.4) is 0 Å². The van der Waals surface area contributed by atoms with Gasteiger partial charge in [-0.05, 0) is 36.5 Å². The van der Waals surface area contributed by atoms with Crippen molar-refractivity contribution in [2.45, 2.75) is 0 Å². The Morgan fingerprint density at radius 2 is 1.62 bits per heavy atom. The fraction of sp³-hybridized carbons (Fsp3) is 0. The number of thiocarbonyl (C=S) groups is 2. The fourth-order valence-corrected chi connectivity index (χ4v) is 1.11. The van der Waals surface area contributed by atoms with Gasteiger partial charge in [-0.3, -0.25) is 0 Å². The highest BCUT2D eigenvalue weighted by Gasteiger charge is 1.96. The van der Waals surface area contributed by atoms with Gasteiger partial charge < -0.3 is 16.8 Å². The predicted octanol–water partition coefficient (Wildman–Crippen LogP) is 0.976. The summed E-state index contributed by atoms with van der Waals surface area (Å²) in [4.78, 5) is 0.377. The zero-order chi connectivity index (χ0) is 9.84. The predicted molar refractivity (Wildman–Crippen MR) is 62.7 cm³/mol. The maximum Gasteiger partial charge on any atom is 0.168 e. The maximum atomic E-state index is 5.43. The molecule has 3 nitrogen and oxygen atoms in total. The van der Waals surface area contributed by atoms with E-state index in [0.29, 0.717) is 4.99 Å². The molecular weight excluding hydrogens is 202 g/mol. The van der Waals surface area contributed by atoms with Crippen LogP contribution >= 0.6 is 24.4 Å². The van der Waals surface area contributed by atoms with Crippen LogP contribution in [0.4, 0.5) is 5.69 Å². The average molecular weight is 211 g/mol. The lowest BCUT2D eigenvalue weighted by atomic mass is 10.2. The van der Waals surface area contributed by atoms with Gasteiger partial charge >= 0.3 is 0 Å². The van der Waals surface area contributed by atoms with E-state index in [2.05, 4.69) is 17.5 Å². The number of rotatable bonds is 2. The van der Waals surface area contributed by atoms with Crippen LogP contribution in [0, 0.1) is 0 Å². The highest BCUT2D eigenvalue weighted by molar-refractivity contribution is 7.80. The van der Waals surface area contributed by atoms with E-state index in [0.717, 1.165) is 11.3 Å². The van der Waals surface area contributed by atoms with E-state index in [9.17, 15) is 0 Å². The Morgan fingerprint density at radius 3 is 2.00 bits per heavy atom. The van der Waals surface area contributed by atoms with Crippen LogP contribution in [0.25, 0.3) is 0 Å². The third-order valence-electron chi connectivity index (χ3n) is 1.44. The highest BCUT2D eigenvalue weighted by Crippen LogP contribution is 2.08. The summed E-state index contributed by atoms with van der Waals surface area (Å²) in [5.74, 6) is 0. The van der Waals surface area contributed by atoms with Crippen LogP contribution in [0.2, 0.25) is 0 Å². The number of anilines is 1. The van der Waals surface area contributed by atoms with Gasteiger partial charge in [0, 0.05) is 11.3 Å². The van der Waals surface area contributed by atoms with Gasteiger partial charge in [0.15, 0.2) is 5.11 Å². The quantitative estimate of drug-likeness (QED) is 0.636. The molecule has 1 aromatic carbocycles. The molecule has 5 heteroatoms. The average Bonchev–Trinajstić information content (AvgIpc) is 2.04. The first kappa shape index (κ1) is 9.88. The van der Waals surface area contributed by atoms with Gasteiger partial charge in [-0.1, -0.05) is 12.2 Å². The second kappa shape index (κ2) is 4.15. The normalized spacial score (nSPS) is 9.23. The number of benzene rings is 1. The molecule has 68 valence electrons. The van der Waals surface area contributed by atoms with Crippen LogP contribution in [0.1, 0.15) is 5.56 Å². The topological polar surface area (TPSA) is 64.1 Å². The van der Waals surface area contributed by atoms with Gasteiger partial charge in [0.25, 0.3) is 0 Å². The SMILES string of the molecule is NC(=S)Nc1ccc(C(N)=S)cc1. The van der Waals surface area contributed by atoms with Crippen LogP contribution in [0.5, 0.6) is 0 Å². The molecule has 0 radical (unpaired) electrons. The summed E-state index contributed by atoms with van der Waals surface area (Å²) in [6.07, 6.45) is 0. The van der Waals surface area contributed by atoms with Crippen LogP contribution in [0.15, 0.2) is 24.3 Å². The second-order valence-electron chi connectivity index (χ2n) is 2.43. The molecule has 13 heavy (non-hydrogen) atoms. The maximum absolute atomic E-state index is 5.43. The minimum atomic E-state index is 0.239. The standard InChI is InChI=1S/C8H9N3S2/c9-7(12)5-1-3-6(4-2-5)11-8(10)13/h1-4H,(H2,9,12)(H3,10,11,13). The lowest BCUT2D eigenvalue weighted by molar-refractivity contribution is 1.58. The Labute approximate surface area is 87.1 Å². The summed E-state index contributed by atoms with van der Waals surface area (Å²) < 4.78 is 0. The second-order valence-corrected chi connectivity index (χ2v) is 3.31. The lowest BCUT2D eigenvalue weighted by Gasteiger charge is -2.04. The highest BCUT2D eigenvalue weighted by atomic mass is 32.1. The molecule has 0 heterocycles. The lowest BCUT2D eigenvalue weighted by Crippen LogP contribution is -2.19. The van der Waals surface area contributed by atoms with Gasteiger partial charge in [-0.2, -0.15) is 0 Å². The summed E-state index contributed by atoms with van der Waals surface area (Å²) in [5, 5.41) is 3.03. The summed E-state index contributed by atoms with van der Waals surface area (Å²) in [6.45, 7) is 0. The van der Waals surface area contributed by atoms with Gasteiger partial charge in [0.05, 0.1) is 0 Å². The van der Waals surface area contributed by atoms with Crippen molar-refractivity contribution in [3.63, 3.8) is 0 Å². The van der Waals surface area contributed by atoms with Crippen molar-refractivity contribution in [1.29, 1.82) is 0 Å². The van der Waals surface area contributed by atoms with Crippen LogP contribution < -0.4 is 16.8 Å². The summed E-state index contributed by atoms with van der Waals surface area (Å²) in [7, 11) is 0. The van der Waals surface area contributed by atoms with E-state index in [-0.39, 0.29) is 5.11 Å². The van der Waals surface area contributed by atoms with E-state index in [1.165, 1.54) is 0 Å². The Morgan fingerprint density at radius 1 is 1.08 bits per heavy atom. The zero-order valence-electron chi connectivity index (χ0n) is 6.78. The molecule has 0 fully saturated rings. The van der Waals surface area contributed by atoms with Gasteiger partial charge in [0.1, 0.15) is 4.99 Å². The van der Waals surface area contributed by atoms with Gasteiger partial charge in [-0.15, -0.1) is 0 Å². The Balaban J connectivity index is 2.81. The Bertz CT molecular complexity index is 332. The fourth-order valence-electron chi connectivity index (χ4n) is 0.860. The van der Waals surface area contributed by atoms with Gasteiger partial charge in [-0.25, -0.2) is 0 Å². The summed E-state index contributed by atoms with van der Waals surface area (Å²) >= 11 is 9.48. The summed E-state index contributed by atoms with van der Waals surface area (Å²) in [6, 6.07) is 7.24. The molecule has 0 atom stereocenters. The molecule has 1 rings (SSSR count). The number of hydrogen-bond donors (Lipinski definition) is 3. The van der Waals surface area contributed by atoms with E-state index >= 15 is 0 Å². The molecule has 5 N–H and O–H groups in total. The molecule has 0 bridgehead atoms. The number of hydrogen-bond acceptors (Lipinski definition) is 2. The minimum Gasteiger partial charge on any atom is -0.389 e. The largest absolute Gasteiger partial charge is 0.389 e. The van der Waals surface area contributed by atoms with E-state index < -0.39 is 0 Å². The first-order chi connectivity index (χ1) is 6.09. The molecular formula is C8H9N3S2. The summed E-state index contributed by atoms with van der Waals surface area (Å²) in [5.41, 5.74) is 12.4. The molecule has 0 aliphatic rings. The zero-order valence-corrected chi connectivity index (χ0v) is 8.41. The Hall–Kier alpha value is -1.20. The Kier molecular flexibility index (Phi) is 3.16. The minimum absolute atomic E-state index is 0.239. The first-order valence-corrected chi connectivity index (χ1v) is 4.37. The van der Waals surface area contributed by atoms with Crippen molar-refractivity contribution in [3.8, 4) is 0 Å². The molecule has 0 aliphatic carbocycles. The third-order valence-corrected chi connectivity index (χ3v) is 1.77. The van der Waals surface area contributed by atoms with Crippen molar-refractivity contribution < 1.29 is 0 Å². The number of nitrogens with two attached hydrogens (primary N) is 2. The molecule has 0 saturated carbocycles. The van der Waals surface area contributed by atoms with E-state index in [1.807, 2.05) is 24.3 Å². The van der Waals surface area contributed by atoms with Crippen molar-refractivity contribution in [2.24, 2.45) is 11.5 Å². The third kappa shape index (κ3) is 2.96. The first-order valence-electron chi connectivity index (χ1n) is 3.56. The molecule has 1 aromatic rings. The van der Waals surface area contributed by atoms with Crippen molar-refractivity contribution in [3.05, 3.63) is 29.8 Å². The van der Waals surface area contributed by atoms with Crippen LogP contribution in [-0.4, -0.2) is 10.1 Å². The van der Waals surface area contributed by atoms with Gasteiger partial charge in [0.2, 0.25) is 0 Å². The van der Waals surface area contributed by atoms with E-state index in [4.69, 9.17) is 23.7 Å². The van der Waals surface area contributed by atoms with Crippen molar-refractivity contribution in [1.82, 2.24) is 0 Å².